The Bertz CT molecular complexity index is 639. The standard InChI is InChI=1S/C15H16N2O4/c1-9-14(10(2)21-17-9)16-15(20)12-6-3-11(4-7-12)5-8-13(18)19/h3-4,6-7H,5,8H2,1-2H3,(H,16,20)(H,18,19). The first-order chi connectivity index (χ1) is 9.97. The minimum Gasteiger partial charge on any atom is -0.481 e. The molecule has 1 aromatic heterocycles. The fourth-order valence-electron chi connectivity index (χ4n) is 1.92. The zero-order valence-electron chi connectivity index (χ0n) is 11.8. The van der Waals surface area contributed by atoms with Crippen molar-refractivity contribution in [2.45, 2.75) is 26.7 Å². The number of rotatable bonds is 5. The quantitative estimate of drug-likeness (QED) is 0.882. The van der Waals surface area contributed by atoms with Crippen LogP contribution in [0.15, 0.2) is 28.8 Å². The number of amides is 1. The van der Waals surface area contributed by atoms with E-state index in [2.05, 4.69) is 10.5 Å². The molecule has 0 fully saturated rings. The molecule has 0 atom stereocenters. The van der Waals surface area contributed by atoms with Gasteiger partial charge in [0.2, 0.25) is 0 Å². The summed E-state index contributed by atoms with van der Waals surface area (Å²) in [4.78, 5) is 22.6. The summed E-state index contributed by atoms with van der Waals surface area (Å²) in [6.07, 6.45) is 0.520. The molecular weight excluding hydrogens is 272 g/mol. The molecule has 0 radical (unpaired) electrons. The Hall–Kier alpha value is -2.63. The minimum absolute atomic E-state index is 0.0740. The summed E-state index contributed by atoms with van der Waals surface area (Å²) < 4.78 is 4.99. The summed E-state index contributed by atoms with van der Waals surface area (Å²) >= 11 is 0. The van der Waals surface area contributed by atoms with Crippen molar-refractivity contribution in [3.8, 4) is 0 Å². The van der Waals surface area contributed by atoms with Gasteiger partial charge in [0.05, 0.1) is 0 Å². The number of benzene rings is 1. The van der Waals surface area contributed by atoms with Crippen LogP contribution < -0.4 is 5.32 Å². The van der Waals surface area contributed by atoms with E-state index in [0.29, 0.717) is 29.1 Å². The highest BCUT2D eigenvalue weighted by molar-refractivity contribution is 6.04. The van der Waals surface area contributed by atoms with Gasteiger partial charge in [-0.15, -0.1) is 0 Å². The number of carbonyl (C=O) groups excluding carboxylic acids is 1. The number of aromatic nitrogens is 1. The van der Waals surface area contributed by atoms with Crippen LogP contribution >= 0.6 is 0 Å². The molecule has 21 heavy (non-hydrogen) atoms. The largest absolute Gasteiger partial charge is 0.481 e. The molecule has 0 bridgehead atoms. The molecule has 1 aromatic carbocycles. The van der Waals surface area contributed by atoms with E-state index in [1.807, 2.05) is 0 Å². The van der Waals surface area contributed by atoms with Crippen LogP contribution in [0.2, 0.25) is 0 Å². The Kier molecular flexibility index (Phi) is 4.37. The highest BCUT2D eigenvalue weighted by Crippen LogP contribution is 2.19. The van der Waals surface area contributed by atoms with Gasteiger partial charge in [-0.2, -0.15) is 0 Å². The van der Waals surface area contributed by atoms with Crippen LogP contribution in [0, 0.1) is 13.8 Å². The average Bonchev–Trinajstić information content (AvgIpc) is 2.77. The second-order valence-electron chi connectivity index (χ2n) is 4.74. The molecule has 110 valence electrons. The van der Waals surface area contributed by atoms with Crippen molar-refractivity contribution in [2.24, 2.45) is 0 Å². The fourth-order valence-corrected chi connectivity index (χ4v) is 1.92. The zero-order valence-corrected chi connectivity index (χ0v) is 11.8. The van der Waals surface area contributed by atoms with E-state index in [1.54, 1.807) is 38.1 Å². The molecule has 6 heteroatoms. The van der Waals surface area contributed by atoms with Crippen LogP contribution in [0.1, 0.15) is 33.8 Å². The van der Waals surface area contributed by atoms with Crippen LogP contribution in [0.25, 0.3) is 0 Å². The molecule has 6 nitrogen and oxygen atoms in total. The van der Waals surface area contributed by atoms with Gasteiger partial charge in [0.1, 0.15) is 11.4 Å². The van der Waals surface area contributed by atoms with Crippen LogP contribution in [0.3, 0.4) is 0 Å². The van der Waals surface area contributed by atoms with E-state index < -0.39 is 5.97 Å². The van der Waals surface area contributed by atoms with Gasteiger partial charge in [-0.25, -0.2) is 0 Å². The first kappa shape index (κ1) is 14.8. The SMILES string of the molecule is Cc1noc(C)c1NC(=O)c1ccc(CCC(=O)O)cc1. The molecule has 2 aromatic rings. The maximum Gasteiger partial charge on any atom is 0.303 e. The number of carboxylic acid groups (broad SMARTS) is 1. The van der Waals surface area contributed by atoms with E-state index in [0.717, 1.165) is 5.56 Å². The lowest BCUT2D eigenvalue weighted by Gasteiger charge is -2.05. The molecule has 2 rings (SSSR count). The van der Waals surface area contributed by atoms with Crippen molar-refractivity contribution in [1.29, 1.82) is 0 Å². The summed E-state index contributed by atoms with van der Waals surface area (Å²) in [5.41, 5.74) is 2.58. The van der Waals surface area contributed by atoms with Crippen LogP contribution in [-0.2, 0) is 11.2 Å². The maximum atomic E-state index is 12.1. The summed E-state index contributed by atoms with van der Waals surface area (Å²) in [7, 11) is 0. The molecule has 2 N–H and O–H groups in total. The molecule has 0 aliphatic carbocycles. The van der Waals surface area contributed by atoms with Crippen molar-refractivity contribution >= 4 is 17.6 Å². The first-order valence-corrected chi connectivity index (χ1v) is 6.52. The highest BCUT2D eigenvalue weighted by atomic mass is 16.5. The molecule has 1 amide bonds. The normalized spacial score (nSPS) is 10.4. The van der Waals surface area contributed by atoms with E-state index in [4.69, 9.17) is 9.63 Å². The molecule has 0 saturated heterocycles. The smallest absolute Gasteiger partial charge is 0.303 e. The average molecular weight is 288 g/mol. The lowest BCUT2D eigenvalue weighted by molar-refractivity contribution is -0.136. The third-order valence-electron chi connectivity index (χ3n) is 3.12. The van der Waals surface area contributed by atoms with Crippen LogP contribution in [-0.4, -0.2) is 22.1 Å². The number of hydrogen-bond donors (Lipinski definition) is 2. The Labute approximate surface area is 121 Å². The number of hydrogen-bond acceptors (Lipinski definition) is 4. The monoisotopic (exact) mass is 288 g/mol. The summed E-state index contributed by atoms with van der Waals surface area (Å²) in [6.45, 7) is 3.48. The van der Waals surface area contributed by atoms with Gasteiger partial charge in [0.15, 0.2) is 5.76 Å². The number of carbonyl (C=O) groups is 2. The van der Waals surface area contributed by atoms with Crippen molar-refractivity contribution in [3.05, 3.63) is 46.8 Å². The Morgan fingerprint density at radius 3 is 2.43 bits per heavy atom. The van der Waals surface area contributed by atoms with Gasteiger partial charge in [0, 0.05) is 12.0 Å². The lowest BCUT2D eigenvalue weighted by atomic mass is 10.1. The minimum atomic E-state index is -0.838. The third-order valence-corrected chi connectivity index (χ3v) is 3.12. The molecule has 0 aliphatic rings. The topological polar surface area (TPSA) is 92.4 Å². The summed E-state index contributed by atoms with van der Waals surface area (Å²) in [5.74, 6) is -0.539. The second kappa shape index (κ2) is 6.21. The summed E-state index contributed by atoms with van der Waals surface area (Å²) in [5, 5.41) is 15.2. The van der Waals surface area contributed by atoms with E-state index in [-0.39, 0.29) is 12.3 Å². The number of nitrogens with zero attached hydrogens (tertiary/aromatic N) is 1. The van der Waals surface area contributed by atoms with Gasteiger partial charge in [-0.3, -0.25) is 9.59 Å². The predicted octanol–water partition coefficient (Wildman–Crippen LogP) is 2.56. The maximum absolute atomic E-state index is 12.1. The van der Waals surface area contributed by atoms with Crippen LogP contribution in [0.5, 0.6) is 0 Å². The van der Waals surface area contributed by atoms with Gasteiger partial charge in [-0.05, 0) is 38.0 Å². The summed E-state index contributed by atoms with van der Waals surface area (Å²) in [6, 6.07) is 6.85. The number of nitrogens with one attached hydrogen (secondary N) is 1. The van der Waals surface area contributed by atoms with Crippen LogP contribution in [0.4, 0.5) is 5.69 Å². The zero-order chi connectivity index (χ0) is 15.4. The van der Waals surface area contributed by atoms with Gasteiger partial charge in [0.25, 0.3) is 5.91 Å². The van der Waals surface area contributed by atoms with Crippen molar-refractivity contribution in [3.63, 3.8) is 0 Å². The fraction of sp³-hybridized carbons (Fsp3) is 0.267. The molecule has 0 aliphatic heterocycles. The van der Waals surface area contributed by atoms with Gasteiger partial charge < -0.3 is 14.9 Å². The Morgan fingerprint density at radius 1 is 1.24 bits per heavy atom. The van der Waals surface area contributed by atoms with Gasteiger partial charge in [-0.1, -0.05) is 17.3 Å². The van der Waals surface area contributed by atoms with Crippen molar-refractivity contribution in [1.82, 2.24) is 5.16 Å². The molecular formula is C15H16N2O4. The van der Waals surface area contributed by atoms with Gasteiger partial charge >= 0.3 is 5.97 Å². The Morgan fingerprint density at radius 2 is 1.90 bits per heavy atom. The van der Waals surface area contributed by atoms with Crippen molar-refractivity contribution < 1.29 is 19.2 Å². The number of anilines is 1. The number of aryl methyl sites for hydroxylation is 3. The van der Waals surface area contributed by atoms with E-state index in [1.165, 1.54) is 0 Å². The first-order valence-electron chi connectivity index (χ1n) is 6.52. The predicted molar refractivity (Wildman–Crippen MR) is 76.3 cm³/mol. The lowest BCUT2D eigenvalue weighted by Crippen LogP contribution is -2.13. The second-order valence-corrected chi connectivity index (χ2v) is 4.74. The molecule has 0 spiro atoms. The number of aliphatic carboxylic acids is 1. The molecule has 1 heterocycles. The molecule has 0 saturated carbocycles. The van der Waals surface area contributed by atoms with E-state index in [9.17, 15) is 9.59 Å². The molecule has 0 unspecified atom stereocenters. The third kappa shape index (κ3) is 3.68. The highest BCUT2D eigenvalue weighted by Gasteiger charge is 2.13. The number of carboxylic acids is 1. The Balaban J connectivity index is 2.05. The van der Waals surface area contributed by atoms with Crippen molar-refractivity contribution in [2.75, 3.05) is 5.32 Å². The van der Waals surface area contributed by atoms with E-state index >= 15 is 0 Å².